The Labute approximate surface area is 121 Å². The highest BCUT2D eigenvalue weighted by Crippen LogP contribution is 2.27. The zero-order chi connectivity index (χ0) is 13.4. The average molecular weight is 321 g/mol. The van der Waals surface area contributed by atoms with Gasteiger partial charge >= 0.3 is 0 Å². The van der Waals surface area contributed by atoms with Crippen molar-refractivity contribution < 1.29 is 4.74 Å². The van der Waals surface area contributed by atoms with Crippen molar-refractivity contribution in [2.24, 2.45) is 7.05 Å². The van der Waals surface area contributed by atoms with Gasteiger partial charge in [0.15, 0.2) is 0 Å². The molecular weight excluding hydrogens is 304 g/mol. The van der Waals surface area contributed by atoms with Crippen LogP contribution in [0, 0.1) is 6.92 Å². The van der Waals surface area contributed by atoms with Gasteiger partial charge in [-0.1, -0.05) is 6.07 Å². The molecule has 1 aliphatic rings. The third kappa shape index (κ3) is 2.41. The molecule has 3 nitrogen and oxygen atoms in total. The van der Waals surface area contributed by atoms with Gasteiger partial charge in [-0.2, -0.15) is 5.10 Å². The third-order valence-corrected chi connectivity index (χ3v) is 4.74. The highest BCUT2D eigenvalue weighted by atomic mass is 79.9. The van der Waals surface area contributed by atoms with Crippen molar-refractivity contribution in [2.45, 2.75) is 32.8 Å². The molecule has 0 N–H and O–H groups in total. The zero-order valence-corrected chi connectivity index (χ0v) is 12.8. The van der Waals surface area contributed by atoms with Gasteiger partial charge in [-0.15, -0.1) is 0 Å². The van der Waals surface area contributed by atoms with Crippen LogP contribution >= 0.6 is 15.9 Å². The van der Waals surface area contributed by atoms with Crippen LogP contribution in [0.4, 0.5) is 0 Å². The van der Waals surface area contributed by atoms with Gasteiger partial charge in [0.2, 0.25) is 0 Å². The van der Waals surface area contributed by atoms with Crippen LogP contribution in [0.25, 0.3) is 0 Å². The number of nitrogens with zero attached hydrogens (tertiary/aromatic N) is 2. The molecule has 0 spiro atoms. The molecular formula is C15H17BrN2O. The lowest BCUT2D eigenvalue weighted by Gasteiger charge is -2.09. The second-order valence-corrected chi connectivity index (χ2v) is 5.84. The Morgan fingerprint density at radius 2 is 2.11 bits per heavy atom. The van der Waals surface area contributed by atoms with Crippen LogP contribution in [0.15, 0.2) is 22.7 Å². The molecule has 0 atom stereocenters. The number of halogens is 1. The minimum absolute atomic E-state index is 0.538. The van der Waals surface area contributed by atoms with Crippen molar-refractivity contribution in [3.05, 3.63) is 45.2 Å². The summed E-state index contributed by atoms with van der Waals surface area (Å²) in [5.41, 5.74) is 4.98. The van der Waals surface area contributed by atoms with Gasteiger partial charge in [-0.25, -0.2) is 0 Å². The summed E-state index contributed by atoms with van der Waals surface area (Å²) in [6, 6.07) is 6.45. The number of hydrogen-bond acceptors (Lipinski definition) is 2. The van der Waals surface area contributed by atoms with E-state index in [0.29, 0.717) is 6.61 Å². The van der Waals surface area contributed by atoms with E-state index >= 15 is 0 Å². The van der Waals surface area contributed by atoms with Crippen LogP contribution < -0.4 is 4.74 Å². The number of hydrogen-bond donors (Lipinski definition) is 0. The summed E-state index contributed by atoms with van der Waals surface area (Å²) in [4.78, 5) is 0. The maximum absolute atomic E-state index is 5.90. The van der Waals surface area contributed by atoms with Gasteiger partial charge in [0.25, 0.3) is 0 Å². The molecule has 2 aromatic rings. The molecule has 3 rings (SSSR count). The van der Waals surface area contributed by atoms with Gasteiger partial charge in [-0.3, -0.25) is 4.68 Å². The largest absolute Gasteiger partial charge is 0.487 e. The molecule has 0 saturated heterocycles. The maximum Gasteiger partial charge on any atom is 0.131 e. The quantitative estimate of drug-likeness (QED) is 0.864. The van der Waals surface area contributed by atoms with Crippen molar-refractivity contribution in [3.8, 4) is 5.75 Å². The summed E-state index contributed by atoms with van der Waals surface area (Å²) in [6.07, 6.45) is 3.66. The molecule has 1 aliphatic carbocycles. The fourth-order valence-electron chi connectivity index (χ4n) is 2.63. The lowest BCUT2D eigenvalue weighted by atomic mass is 10.1. The first-order chi connectivity index (χ1) is 9.15. The second kappa shape index (κ2) is 5.00. The van der Waals surface area contributed by atoms with Gasteiger partial charge < -0.3 is 4.74 Å². The summed E-state index contributed by atoms with van der Waals surface area (Å²) >= 11 is 3.56. The normalized spacial score (nSPS) is 13.6. The van der Waals surface area contributed by atoms with Crippen molar-refractivity contribution in [3.63, 3.8) is 0 Å². The minimum atomic E-state index is 0.538. The van der Waals surface area contributed by atoms with Crippen LogP contribution in [0.2, 0.25) is 0 Å². The van der Waals surface area contributed by atoms with E-state index < -0.39 is 0 Å². The van der Waals surface area contributed by atoms with Gasteiger partial charge in [0.05, 0.1) is 15.9 Å². The molecule has 1 heterocycles. The van der Waals surface area contributed by atoms with E-state index in [4.69, 9.17) is 4.74 Å². The van der Waals surface area contributed by atoms with Crippen molar-refractivity contribution in [1.82, 2.24) is 9.78 Å². The third-order valence-electron chi connectivity index (χ3n) is 3.71. The predicted octanol–water partition coefficient (Wildman–Crippen LogP) is 3.56. The van der Waals surface area contributed by atoms with Crippen molar-refractivity contribution >= 4 is 15.9 Å². The summed E-state index contributed by atoms with van der Waals surface area (Å²) in [7, 11) is 1.94. The van der Waals surface area contributed by atoms with Gasteiger partial charge in [-0.05, 0) is 65.4 Å². The van der Waals surface area contributed by atoms with Crippen LogP contribution in [0.3, 0.4) is 0 Å². The zero-order valence-electron chi connectivity index (χ0n) is 11.2. The minimum Gasteiger partial charge on any atom is -0.487 e. The molecule has 0 aliphatic heterocycles. The van der Waals surface area contributed by atoms with Crippen molar-refractivity contribution in [1.29, 1.82) is 0 Å². The number of fused-ring (bicyclic) bond motifs is 1. The Morgan fingerprint density at radius 1 is 1.32 bits per heavy atom. The fourth-order valence-corrected chi connectivity index (χ4v) is 3.08. The summed E-state index contributed by atoms with van der Waals surface area (Å²) in [5, 5.41) is 4.37. The summed E-state index contributed by atoms with van der Waals surface area (Å²) in [6.45, 7) is 2.53. The molecule has 19 heavy (non-hydrogen) atoms. The van der Waals surface area contributed by atoms with E-state index in [0.717, 1.165) is 21.6 Å². The topological polar surface area (TPSA) is 27.1 Å². The van der Waals surface area contributed by atoms with E-state index in [9.17, 15) is 0 Å². The Balaban J connectivity index is 1.76. The lowest BCUT2D eigenvalue weighted by Crippen LogP contribution is -2.04. The van der Waals surface area contributed by atoms with E-state index in [2.05, 4.69) is 39.2 Å². The Morgan fingerprint density at radius 3 is 2.84 bits per heavy atom. The molecule has 0 unspecified atom stereocenters. The van der Waals surface area contributed by atoms with E-state index in [1.165, 1.54) is 30.4 Å². The molecule has 0 fully saturated rings. The standard InChI is InChI=1S/C15H17BrN2O/c1-10-15(16)14(18(2)17-10)9-19-13-7-6-11-4-3-5-12(11)8-13/h6-8H,3-5,9H2,1-2H3. The van der Waals surface area contributed by atoms with E-state index in [1.54, 1.807) is 0 Å². The molecule has 1 aromatic heterocycles. The molecule has 100 valence electrons. The lowest BCUT2D eigenvalue weighted by molar-refractivity contribution is 0.294. The fraction of sp³-hybridized carbons (Fsp3) is 0.400. The number of benzene rings is 1. The van der Waals surface area contributed by atoms with E-state index in [1.807, 2.05) is 18.7 Å². The number of aromatic nitrogens is 2. The van der Waals surface area contributed by atoms with Gasteiger partial charge in [0.1, 0.15) is 12.4 Å². The second-order valence-electron chi connectivity index (χ2n) is 5.04. The first-order valence-corrected chi connectivity index (χ1v) is 7.37. The smallest absolute Gasteiger partial charge is 0.131 e. The maximum atomic E-state index is 5.90. The predicted molar refractivity (Wildman–Crippen MR) is 78.4 cm³/mol. The molecule has 0 amide bonds. The monoisotopic (exact) mass is 320 g/mol. The summed E-state index contributed by atoms with van der Waals surface area (Å²) < 4.78 is 8.81. The van der Waals surface area contributed by atoms with Crippen LogP contribution in [-0.2, 0) is 26.5 Å². The van der Waals surface area contributed by atoms with E-state index in [-0.39, 0.29) is 0 Å². The first kappa shape index (κ1) is 12.7. The molecule has 4 heteroatoms. The Bertz CT molecular complexity index is 619. The molecule has 0 saturated carbocycles. The summed E-state index contributed by atoms with van der Waals surface area (Å²) in [5.74, 6) is 0.950. The van der Waals surface area contributed by atoms with Crippen LogP contribution in [0.5, 0.6) is 5.75 Å². The first-order valence-electron chi connectivity index (χ1n) is 6.57. The average Bonchev–Trinajstić information content (AvgIpc) is 2.94. The molecule has 0 radical (unpaired) electrons. The number of ether oxygens (including phenoxy) is 1. The number of rotatable bonds is 3. The highest BCUT2D eigenvalue weighted by Gasteiger charge is 2.13. The Hall–Kier alpha value is -1.29. The molecule has 0 bridgehead atoms. The van der Waals surface area contributed by atoms with Gasteiger partial charge in [0, 0.05) is 7.05 Å². The van der Waals surface area contributed by atoms with Crippen LogP contribution in [0.1, 0.15) is 28.9 Å². The van der Waals surface area contributed by atoms with Crippen molar-refractivity contribution in [2.75, 3.05) is 0 Å². The highest BCUT2D eigenvalue weighted by molar-refractivity contribution is 9.10. The van der Waals surface area contributed by atoms with Crippen LogP contribution in [-0.4, -0.2) is 9.78 Å². The SMILES string of the molecule is Cc1nn(C)c(COc2ccc3c(c2)CCC3)c1Br. The number of aryl methyl sites for hydroxylation is 4. The Kier molecular flexibility index (Phi) is 3.35. The molecule has 1 aromatic carbocycles.